The lowest BCUT2D eigenvalue weighted by Gasteiger charge is -2.15. The van der Waals surface area contributed by atoms with E-state index in [-0.39, 0.29) is 24.8 Å². The highest BCUT2D eigenvalue weighted by molar-refractivity contribution is 6.24. The van der Waals surface area contributed by atoms with E-state index in [1.54, 1.807) is 60.8 Å². The number of ether oxygens (including phenoxy) is 1. The molecule has 0 aliphatic heterocycles. The van der Waals surface area contributed by atoms with Crippen LogP contribution in [0, 0.1) is 0 Å². The largest absolute Gasteiger partial charge is 0.481 e. The van der Waals surface area contributed by atoms with Crippen molar-refractivity contribution in [3.05, 3.63) is 125 Å². The van der Waals surface area contributed by atoms with Gasteiger partial charge < -0.3 is 15.2 Å². The fourth-order valence-electron chi connectivity index (χ4n) is 3.84. The van der Waals surface area contributed by atoms with Gasteiger partial charge in [0.05, 0.1) is 12.0 Å². The molecule has 1 aromatic heterocycles. The van der Waals surface area contributed by atoms with E-state index >= 15 is 0 Å². The van der Waals surface area contributed by atoms with Gasteiger partial charge in [-0.1, -0.05) is 36.4 Å². The zero-order valence-electron chi connectivity index (χ0n) is 20.9. The standard InChI is InChI=1S/C30H26ClN3O5/c31-34(16-14-21-5-2-1-3-6-21)30(38)23-9-11-26(12-10-23)39-27-13-8-22(18-28(35)36)17-25(27)20-33-29(37)24-7-4-15-32-19-24/h1-13,15,17,19H,14,16,18,20H2,(H,33,37)(H,35,36). The van der Waals surface area contributed by atoms with E-state index in [2.05, 4.69) is 10.3 Å². The number of amides is 2. The maximum absolute atomic E-state index is 12.7. The van der Waals surface area contributed by atoms with Gasteiger partial charge in [-0.05, 0) is 66.1 Å². The van der Waals surface area contributed by atoms with Crippen molar-refractivity contribution >= 4 is 29.6 Å². The highest BCUT2D eigenvalue weighted by Gasteiger charge is 2.15. The normalized spacial score (nSPS) is 10.5. The van der Waals surface area contributed by atoms with Crippen molar-refractivity contribution in [2.75, 3.05) is 6.54 Å². The molecule has 2 amide bonds. The number of halogens is 1. The van der Waals surface area contributed by atoms with Crippen LogP contribution in [0.5, 0.6) is 11.5 Å². The quantitative estimate of drug-likeness (QED) is 0.249. The van der Waals surface area contributed by atoms with E-state index < -0.39 is 5.97 Å². The number of benzene rings is 3. The van der Waals surface area contributed by atoms with Crippen LogP contribution in [0.2, 0.25) is 0 Å². The van der Waals surface area contributed by atoms with Crippen LogP contribution < -0.4 is 10.1 Å². The Bertz CT molecular complexity index is 1430. The van der Waals surface area contributed by atoms with Crippen molar-refractivity contribution in [1.82, 2.24) is 14.7 Å². The van der Waals surface area contributed by atoms with Crippen LogP contribution in [0.4, 0.5) is 0 Å². The van der Waals surface area contributed by atoms with E-state index in [0.29, 0.717) is 46.7 Å². The molecule has 0 saturated carbocycles. The summed E-state index contributed by atoms with van der Waals surface area (Å²) in [6.45, 7) is 0.467. The Kier molecular flexibility index (Phi) is 9.26. The Morgan fingerprint density at radius 3 is 2.36 bits per heavy atom. The Labute approximate surface area is 230 Å². The summed E-state index contributed by atoms with van der Waals surface area (Å²) >= 11 is 6.23. The fraction of sp³-hybridized carbons (Fsp3) is 0.133. The second kappa shape index (κ2) is 13.2. The van der Waals surface area contributed by atoms with E-state index in [9.17, 15) is 19.5 Å². The summed E-state index contributed by atoms with van der Waals surface area (Å²) in [7, 11) is 0. The van der Waals surface area contributed by atoms with Gasteiger partial charge in [0, 0.05) is 48.4 Å². The summed E-state index contributed by atoms with van der Waals surface area (Å²) in [4.78, 5) is 40.4. The molecule has 1 heterocycles. The molecule has 0 fully saturated rings. The highest BCUT2D eigenvalue weighted by Crippen LogP contribution is 2.27. The number of nitrogens with one attached hydrogen (secondary N) is 1. The summed E-state index contributed by atoms with van der Waals surface area (Å²) in [5, 5.41) is 12.0. The molecule has 4 aromatic rings. The molecule has 2 N–H and O–H groups in total. The summed E-state index contributed by atoms with van der Waals surface area (Å²) < 4.78 is 7.20. The first-order chi connectivity index (χ1) is 18.9. The number of hydrogen-bond donors (Lipinski definition) is 2. The van der Waals surface area contributed by atoms with Gasteiger partial charge in [-0.25, -0.2) is 0 Å². The molecule has 4 rings (SSSR count). The van der Waals surface area contributed by atoms with Gasteiger partial charge in [0.25, 0.3) is 11.8 Å². The lowest BCUT2D eigenvalue weighted by atomic mass is 10.1. The molecule has 3 aromatic carbocycles. The van der Waals surface area contributed by atoms with Crippen LogP contribution in [0.15, 0.2) is 97.3 Å². The van der Waals surface area contributed by atoms with Crippen molar-refractivity contribution in [2.24, 2.45) is 0 Å². The predicted octanol–water partition coefficient (Wildman–Crippen LogP) is 5.27. The minimum atomic E-state index is -0.966. The minimum absolute atomic E-state index is 0.107. The van der Waals surface area contributed by atoms with E-state index in [4.69, 9.17) is 16.5 Å². The number of aromatic nitrogens is 1. The average molecular weight is 544 g/mol. The van der Waals surface area contributed by atoms with Gasteiger partial charge >= 0.3 is 5.97 Å². The molecule has 0 bridgehead atoms. The molecule has 0 aliphatic carbocycles. The third-order valence-corrected chi connectivity index (χ3v) is 6.15. The number of rotatable bonds is 11. The molecule has 198 valence electrons. The summed E-state index contributed by atoms with van der Waals surface area (Å²) in [5.74, 6) is -0.708. The number of carboxylic acid groups (broad SMARTS) is 1. The predicted molar refractivity (Wildman–Crippen MR) is 147 cm³/mol. The van der Waals surface area contributed by atoms with Crippen LogP contribution in [0.1, 0.15) is 37.4 Å². The molecule has 0 unspecified atom stereocenters. The van der Waals surface area contributed by atoms with Gasteiger partial charge in [-0.15, -0.1) is 0 Å². The van der Waals surface area contributed by atoms with Gasteiger partial charge in [-0.2, -0.15) is 0 Å². The molecule has 0 saturated heterocycles. The maximum atomic E-state index is 12.7. The van der Waals surface area contributed by atoms with Crippen LogP contribution in [0.25, 0.3) is 0 Å². The number of hydrogen-bond acceptors (Lipinski definition) is 5. The van der Waals surface area contributed by atoms with E-state index in [1.165, 1.54) is 6.20 Å². The third kappa shape index (κ3) is 7.90. The van der Waals surface area contributed by atoms with Crippen molar-refractivity contribution in [1.29, 1.82) is 0 Å². The lowest BCUT2D eigenvalue weighted by molar-refractivity contribution is -0.136. The van der Waals surface area contributed by atoms with Crippen LogP contribution in [-0.2, 0) is 24.2 Å². The molecule has 0 atom stereocenters. The SMILES string of the molecule is O=C(O)Cc1ccc(Oc2ccc(C(=O)N(Cl)CCc3ccccc3)cc2)c(CNC(=O)c2cccnc2)c1. The van der Waals surface area contributed by atoms with Crippen LogP contribution in [0.3, 0.4) is 0 Å². The molecule has 39 heavy (non-hydrogen) atoms. The lowest BCUT2D eigenvalue weighted by Crippen LogP contribution is -2.23. The molecular formula is C30H26ClN3O5. The maximum Gasteiger partial charge on any atom is 0.307 e. The number of aliphatic carboxylic acids is 1. The van der Waals surface area contributed by atoms with E-state index in [0.717, 1.165) is 9.98 Å². The van der Waals surface area contributed by atoms with Gasteiger partial charge in [0.2, 0.25) is 0 Å². The third-order valence-electron chi connectivity index (χ3n) is 5.83. The Balaban J connectivity index is 1.43. The first-order valence-electron chi connectivity index (χ1n) is 12.2. The molecule has 0 spiro atoms. The zero-order valence-corrected chi connectivity index (χ0v) is 21.7. The van der Waals surface area contributed by atoms with Crippen LogP contribution in [-0.4, -0.2) is 38.8 Å². The van der Waals surface area contributed by atoms with Crippen molar-refractivity contribution < 1.29 is 24.2 Å². The number of pyridine rings is 1. The number of carboxylic acids is 1. The Hall–Kier alpha value is -4.69. The molecule has 0 aliphatic rings. The number of carbonyl (C=O) groups excluding carboxylic acids is 2. The summed E-state index contributed by atoms with van der Waals surface area (Å²) in [6, 6.07) is 24.6. The molecular weight excluding hydrogens is 518 g/mol. The smallest absolute Gasteiger partial charge is 0.307 e. The Morgan fingerprint density at radius 1 is 0.897 bits per heavy atom. The summed E-state index contributed by atoms with van der Waals surface area (Å²) in [5.41, 5.74) is 3.06. The average Bonchev–Trinajstić information content (AvgIpc) is 2.96. The Morgan fingerprint density at radius 2 is 1.67 bits per heavy atom. The highest BCUT2D eigenvalue weighted by atomic mass is 35.5. The van der Waals surface area contributed by atoms with Gasteiger partial charge in [-0.3, -0.25) is 23.8 Å². The van der Waals surface area contributed by atoms with Crippen molar-refractivity contribution in [2.45, 2.75) is 19.4 Å². The van der Waals surface area contributed by atoms with Crippen LogP contribution >= 0.6 is 11.8 Å². The first kappa shape index (κ1) is 27.3. The van der Waals surface area contributed by atoms with E-state index in [1.807, 2.05) is 30.3 Å². The van der Waals surface area contributed by atoms with Gasteiger partial charge in [0.15, 0.2) is 0 Å². The fourth-order valence-corrected chi connectivity index (χ4v) is 4.02. The monoisotopic (exact) mass is 543 g/mol. The first-order valence-corrected chi connectivity index (χ1v) is 12.5. The summed E-state index contributed by atoms with van der Waals surface area (Å²) in [6.07, 6.45) is 3.50. The zero-order chi connectivity index (χ0) is 27.6. The molecule has 0 radical (unpaired) electrons. The molecule has 8 nitrogen and oxygen atoms in total. The molecule has 9 heteroatoms. The minimum Gasteiger partial charge on any atom is -0.481 e. The topological polar surface area (TPSA) is 109 Å². The van der Waals surface area contributed by atoms with Crippen molar-refractivity contribution in [3.63, 3.8) is 0 Å². The second-order valence-electron chi connectivity index (χ2n) is 8.69. The number of carbonyl (C=O) groups is 3. The van der Waals surface area contributed by atoms with Gasteiger partial charge in [0.1, 0.15) is 11.5 Å². The number of nitrogens with zero attached hydrogens (tertiary/aromatic N) is 2. The van der Waals surface area contributed by atoms with Crippen molar-refractivity contribution in [3.8, 4) is 11.5 Å². The second-order valence-corrected chi connectivity index (χ2v) is 9.10.